The monoisotopic (exact) mass is 274 g/mol. The van der Waals surface area contributed by atoms with Gasteiger partial charge < -0.3 is 9.47 Å². The lowest BCUT2D eigenvalue weighted by atomic mass is 10.2. The van der Waals surface area contributed by atoms with Crippen LogP contribution in [0.2, 0.25) is 0 Å². The van der Waals surface area contributed by atoms with E-state index < -0.39 is 10.9 Å². The number of ether oxygens (including phenoxy) is 2. The molecule has 0 radical (unpaired) electrons. The molecule has 2 heterocycles. The van der Waals surface area contributed by atoms with Crippen LogP contribution in [0.15, 0.2) is 12.1 Å². The predicted octanol–water partition coefficient (Wildman–Crippen LogP) is 0.338. The molecule has 1 aromatic rings. The van der Waals surface area contributed by atoms with Gasteiger partial charge in [-0.3, -0.25) is 0 Å². The average Bonchev–Trinajstić information content (AvgIpc) is 2.75. The third-order valence-electron chi connectivity index (χ3n) is 2.50. The molecule has 0 aromatic carbocycles. The molecule has 2 rings (SSSR count). The van der Waals surface area contributed by atoms with E-state index in [1.54, 1.807) is 0 Å². The van der Waals surface area contributed by atoms with E-state index in [-0.39, 0.29) is 6.10 Å². The van der Waals surface area contributed by atoms with Crippen molar-refractivity contribution in [3.05, 3.63) is 23.4 Å². The van der Waals surface area contributed by atoms with Crippen molar-refractivity contribution in [3.8, 4) is 5.88 Å². The minimum atomic E-state index is -2.62. The molecule has 0 amide bonds. The number of nitrogens with zero attached hydrogens (tertiary/aromatic N) is 1. The van der Waals surface area contributed by atoms with Gasteiger partial charge in [0.2, 0.25) is 5.88 Å². The van der Waals surface area contributed by atoms with Crippen LogP contribution in [0.5, 0.6) is 5.88 Å². The first kappa shape index (κ1) is 14.9. The van der Waals surface area contributed by atoms with Gasteiger partial charge in [0, 0.05) is 18.2 Å². The predicted molar refractivity (Wildman–Crippen MR) is 68.1 cm³/mol. The number of nitrogens with two attached hydrogens (primary N) is 1. The number of aromatic nitrogens is 1. The summed E-state index contributed by atoms with van der Waals surface area (Å²) in [6.07, 6.45) is 1.15. The Kier molecular flexibility index (Phi) is 6.03. The van der Waals surface area contributed by atoms with Crippen LogP contribution >= 0.6 is 0 Å². The lowest BCUT2D eigenvalue weighted by Crippen LogP contribution is -2.16. The second-order valence-electron chi connectivity index (χ2n) is 3.94. The molecule has 0 spiro atoms. The largest absolute Gasteiger partial charge is 0.472 e. The summed E-state index contributed by atoms with van der Waals surface area (Å²) in [7, 11) is -2.62. The van der Waals surface area contributed by atoms with Crippen molar-refractivity contribution in [3.63, 3.8) is 0 Å². The first-order valence-corrected chi connectivity index (χ1v) is 6.81. The zero-order valence-corrected chi connectivity index (χ0v) is 11.4. The second-order valence-corrected chi connectivity index (χ2v) is 4.51. The van der Waals surface area contributed by atoms with Crippen LogP contribution in [0, 0.1) is 13.8 Å². The van der Waals surface area contributed by atoms with E-state index in [2.05, 4.69) is 10.1 Å². The van der Waals surface area contributed by atoms with Gasteiger partial charge in [0.05, 0.1) is 13.2 Å². The lowest BCUT2D eigenvalue weighted by molar-refractivity contribution is 0.138. The maximum Gasteiger partial charge on any atom is 0.213 e. The van der Waals surface area contributed by atoms with E-state index in [1.165, 1.54) is 5.56 Å². The van der Waals surface area contributed by atoms with E-state index in [0.717, 1.165) is 18.7 Å². The van der Waals surface area contributed by atoms with Gasteiger partial charge in [0.15, 0.2) is 10.9 Å². The molecule has 7 heteroatoms. The smallest absolute Gasteiger partial charge is 0.213 e. The lowest BCUT2D eigenvalue weighted by Gasteiger charge is -2.11. The Balaban J connectivity index is 0.000000357. The van der Waals surface area contributed by atoms with Gasteiger partial charge in [-0.05, 0) is 19.4 Å². The molecule has 1 atom stereocenters. The van der Waals surface area contributed by atoms with E-state index in [4.69, 9.17) is 17.9 Å². The average molecular weight is 274 g/mol. The highest BCUT2D eigenvalue weighted by Crippen LogP contribution is 2.16. The number of thiol groups is 1. The molecule has 1 aromatic heterocycles. The Bertz CT molecular complexity index is 448. The highest BCUT2D eigenvalue weighted by Gasteiger charge is 2.17. The summed E-state index contributed by atoms with van der Waals surface area (Å²) >= 11 is 0. The molecule has 18 heavy (non-hydrogen) atoms. The summed E-state index contributed by atoms with van der Waals surface area (Å²) < 4.78 is 28.5. The molecule has 102 valence electrons. The fourth-order valence-corrected chi connectivity index (χ4v) is 1.45. The Morgan fingerprint density at radius 2 is 2.11 bits per heavy atom. The summed E-state index contributed by atoms with van der Waals surface area (Å²) in [4.78, 5) is 4.36. The quantitative estimate of drug-likeness (QED) is 0.759. The Hall–Kier alpha value is -1.18. The number of aryl methyl sites for hydroxylation is 2. The van der Waals surface area contributed by atoms with Gasteiger partial charge in [0.1, 0.15) is 6.10 Å². The molecule has 1 fully saturated rings. The third kappa shape index (κ3) is 5.44. The van der Waals surface area contributed by atoms with Crippen molar-refractivity contribution < 1.29 is 17.9 Å². The molecule has 1 aliphatic heterocycles. The first-order chi connectivity index (χ1) is 8.49. The summed E-state index contributed by atoms with van der Waals surface area (Å²) in [5.41, 5.74) is 2.22. The van der Waals surface area contributed by atoms with Crippen molar-refractivity contribution in [2.75, 3.05) is 13.2 Å². The van der Waals surface area contributed by atoms with Crippen molar-refractivity contribution in [1.82, 2.24) is 4.98 Å². The topological polar surface area (TPSA) is 91.5 Å². The normalized spacial score (nSPS) is 18.3. The summed E-state index contributed by atoms with van der Waals surface area (Å²) in [5.74, 6) is 0.712. The Morgan fingerprint density at radius 1 is 1.44 bits per heavy atom. The van der Waals surface area contributed by atoms with Crippen LogP contribution in [-0.2, 0) is 15.6 Å². The molecule has 2 N–H and O–H groups in total. The fourth-order valence-electron chi connectivity index (χ4n) is 1.45. The highest BCUT2D eigenvalue weighted by molar-refractivity contribution is 7.69. The number of rotatable bonds is 2. The SMILES string of the molecule is Cc1ccc(OC2CCOC2)nc1C.N[SH](=O)=O. The van der Waals surface area contributed by atoms with Crippen LogP contribution in [0.1, 0.15) is 17.7 Å². The van der Waals surface area contributed by atoms with E-state index in [1.807, 2.05) is 26.0 Å². The van der Waals surface area contributed by atoms with Gasteiger partial charge >= 0.3 is 0 Å². The van der Waals surface area contributed by atoms with Crippen LogP contribution in [0.4, 0.5) is 0 Å². The van der Waals surface area contributed by atoms with Gasteiger partial charge in [-0.15, -0.1) is 0 Å². The standard InChI is InChI=1S/C11H15NO2.H3NO2S/c1-8-3-4-11(12-9(8)2)14-10-5-6-13-7-10;1-4(2)3/h3-4,10H,5-7H2,1-2H3;4H,(H2,1,2,3). The van der Waals surface area contributed by atoms with Crippen LogP contribution in [-0.4, -0.2) is 32.7 Å². The summed E-state index contributed by atoms with van der Waals surface area (Å²) in [6.45, 7) is 5.53. The van der Waals surface area contributed by atoms with E-state index >= 15 is 0 Å². The molecular formula is C11H18N2O4S. The van der Waals surface area contributed by atoms with E-state index in [9.17, 15) is 0 Å². The molecule has 0 bridgehead atoms. The third-order valence-corrected chi connectivity index (χ3v) is 2.50. The molecule has 6 nitrogen and oxygen atoms in total. The van der Waals surface area contributed by atoms with Crippen molar-refractivity contribution in [2.24, 2.45) is 5.14 Å². The van der Waals surface area contributed by atoms with Crippen LogP contribution in [0.25, 0.3) is 0 Å². The van der Waals surface area contributed by atoms with Gasteiger partial charge in [0.25, 0.3) is 0 Å². The fraction of sp³-hybridized carbons (Fsp3) is 0.545. The molecule has 1 aliphatic rings. The minimum Gasteiger partial charge on any atom is -0.472 e. The Morgan fingerprint density at radius 3 is 2.61 bits per heavy atom. The molecule has 0 saturated carbocycles. The molecule has 1 saturated heterocycles. The van der Waals surface area contributed by atoms with Gasteiger partial charge in [-0.1, -0.05) is 6.07 Å². The van der Waals surface area contributed by atoms with Crippen molar-refractivity contribution in [2.45, 2.75) is 26.4 Å². The first-order valence-electron chi connectivity index (χ1n) is 5.56. The van der Waals surface area contributed by atoms with Gasteiger partial charge in [-0.2, -0.15) is 0 Å². The van der Waals surface area contributed by atoms with Crippen molar-refractivity contribution in [1.29, 1.82) is 0 Å². The number of hydrogen-bond donors (Lipinski definition) is 2. The molecule has 1 unspecified atom stereocenters. The van der Waals surface area contributed by atoms with Crippen LogP contribution < -0.4 is 9.88 Å². The molecule has 0 aliphatic carbocycles. The maximum atomic E-state index is 8.81. The summed E-state index contributed by atoms with van der Waals surface area (Å²) in [5, 5.41) is 4.06. The molecular weight excluding hydrogens is 256 g/mol. The van der Waals surface area contributed by atoms with E-state index in [0.29, 0.717) is 12.5 Å². The zero-order valence-electron chi connectivity index (χ0n) is 10.5. The van der Waals surface area contributed by atoms with Crippen LogP contribution in [0.3, 0.4) is 0 Å². The second kappa shape index (κ2) is 7.30. The minimum absolute atomic E-state index is 0.185. The maximum absolute atomic E-state index is 8.81. The van der Waals surface area contributed by atoms with Gasteiger partial charge in [-0.25, -0.2) is 18.5 Å². The highest BCUT2D eigenvalue weighted by atomic mass is 32.2. The zero-order chi connectivity index (χ0) is 13.5. The summed E-state index contributed by atoms with van der Waals surface area (Å²) in [6, 6.07) is 3.95. The number of pyridine rings is 1. The Labute approximate surface area is 108 Å². The number of hydrogen-bond acceptors (Lipinski definition) is 5. The van der Waals surface area contributed by atoms with Crippen molar-refractivity contribution >= 4 is 10.9 Å².